The molecule has 0 saturated heterocycles. The highest BCUT2D eigenvalue weighted by molar-refractivity contribution is 5.53. The van der Waals surface area contributed by atoms with E-state index < -0.39 is 6.17 Å². The number of halogens is 2. The molecular formula is C28H32F2. The normalized spacial score (nSPS) is 18.9. The first kappa shape index (κ1) is 22.3. The van der Waals surface area contributed by atoms with E-state index in [2.05, 4.69) is 37.0 Å². The molecule has 30 heavy (non-hydrogen) atoms. The summed E-state index contributed by atoms with van der Waals surface area (Å²) in [5.74, 6) is 6.18. The Hall–Kier alpha value is -2.40. The van der Waals surface area contributed by atoms with Crippen LogP contribution in [-0.4, -0.2) is 6.17 Å². The van der Waals surface area contributed by atoms with Gasteiger partial charge >= 0.3 is 0 Å². The van der Waals surface area contributed by atoms with Gasteiger partial charge in [0.1, 0.15) is 12.0 Å². The Morgan fingerprint density at radius 2 is 1.70 bits per heavy atom. The van der Waals surface area contributed by atoms with Gasteiger partial charge in [0.25, 0.3) is 0 Å². The summed E-state index contributed by atoms with van der Waals surface area (Å²) in [6.07, 6.45) is 12.6. The smallest absolute Gasteiger partial charge is 0.139 e. The first-order chi connectivity index (χ1) is 14.7. The van der Waals surface area contributed by atoms with E-state index in [-0.39, 0.29) is 5.82 Å². The van der Waals surface area contributed by atoms with Gasteiger partial charge in [0.2, 0.25) is 0 Å². The van der Waals surface area contributed by atoms with Crippen molar-refractivity contribution in [2.45, 2.75) is 76.8 Å². The molecular weight excluding hydrogens is 374 g/mol. The zero-order chi connectivity index (χ0) is 21.2. The standard InChI is InChI=1S/C28H32F2/c1-2-3-4-5-6-7-8-23-12-16-26(28(30)21-23)15-11-22-9-13-24(14-10-22)25-17-19-27(29)20-18-25/h7-10,12-14,16,21,25,27H,2-6,17-20H2,1H3/b8-7+. The summed E-state index contributed by atoms with van der Waals surface area (Å²) >= 11 is 0. The van der Waals surface area contributed by atoms with Crippen LogP contribution in [0.5, 0.6) is 0 Å². The molecule has 0 atom stereocenters. The second-order valence-electron chi connectivity index (χ2n) is 8.31. The molecule has 3 rings (SSSR count). The summed E-state index contributed by atoms with van der Waals surface area (Å²) in [7, 11) is 0. The number of hydrogen-bond acceptors (Lipinski definition) is 0. The van der Waals surface area contributed by atoms with Crippen LogP contribution in [-0.2, 0) is 0 Å². The fourth-order valence-electron chi connectivity index (χ4n) is 4.01. The Bertz CT molecular complexity index is 875. The van der Waals surface area contributed by atoms with Crippen LogP contribution in [0.15, 0.2) is 48.5 Å². The van der Waals surface area contributed by atoms with E-state index >= 15 is 0 Å². The number of hydrogen-bond donors (Lipinski definition) is 0. The van der Waals surface area contributed by atoms with Crippen LogP contribution >= 0.6 is 0 Å². The van der Waals surface area contributed by atoms with Gasteiger partial charge in [-0.1, -0.05) is 68.4 Å². The van der Waals surface area contributed by atoms with Crippen molar-refractivity contribution in [1.29, 1.82) is 0 Å². The summed E-state index contributed by atoms with van der Waals surface area (Å²) in [6.45, 7) is 2.21. The Morgan fingerprint density at radius 3 is 2.40 bits per heavy atom. The van der Waals surface area contributed by atoms with Crippen LogP contribution in [0.25, 0.3) is 6.08 Å². The van der Waals surface area contributed by atoms with Crippen molar-refractivity contribution < 1.29 is 8.78 Å². The fourth-order valence-corrected chi connectivity index (χ4v) is 4.01. The molecule has 0 aliphatic heterocycles. The minimum Gasteiger partial charge on any atom is -0.247 e. The van der Waals surface area contributed by atoms with Crippen molar-refractivity contribution in [3.63, 3.8) is 0 Å². The third kappa shape index (κ3) is 6.84. The monoisotopic (exact) mass is 406 g/mol. The molecule has 1 fully saturated rings. The molecule has 0 aromatic heterocycles. The number of rotatable bonds is 7. The molecule has 0 nitrogen and oxygen atoms in total. The molecule has 0 heterocycles. The Morgan fingerprint density at radius 1 is 0.933 bits per heavy atom. The molecule has 0 unspecified atom stereocenters. The molecule has 2 heteroatoms. The molecule has 0 bridgehead atoms. The van der Waals surface area contributed by atoms with E-state index in [1.807, 2.05) is 24.3 Å². The predicted octanol–water partition coefficient (Wildman–Crippen LogP) is 8.20. The first-order valence-corrected chi connectivity index (χ1v) is 11.4. The molecule has 1 aliphatic rings. The number of alkyl halides is 1. The topological polar surface area (TPSA) is 0 Å². The largest absolute Gasteiger partial charge is 0.247 e. The van der Waals surface area contributed by atoms with E-state index in [1.54, 1.807) is 12.1 Å². The fraction of sp³-hybridized carbons (Fsp3) is 0.429. The second kappa shape index (κ2) is 11.7. The van der Waals surface area contributed by atoms with Crippen LogP contribution in [0.3, 0.4) is 0 Å². The molecule has 1 aliphatic carbocycles. The van der Waals surface area contributed by atoms with Crippen molar-refractivity contribution in [1.82, 2.24) is 0 Å². The third-order valence-corrected chi connectivity index (χ3v) is 5.91. The Balaban J connectivity index is 1.57. The van der Waals surface area contributed by atoms with Gasteiger partial charge in [-0.05, 0) is 79.8 Å². The van der Waals surface area contributed by atoms with Crippen molar-refractivity contribution in [3.05, 3.63) is 76.6 Å². The van der Waals surface area contributed by atoms with Gasteiger partial charge in [-0.15, -0.1) is 0 Å². The molecule has 1 saturated carbocycles. The van der Waals surface area contributed by atoms with Crippen LogP contribution in [0.1, 0.15) is 92.9 Å². The Labute approximate surface area is 180 Å². The highest BCUT2D eigenvalue weighted by atomic mass is 19.1. The van der Waals surface area contributed by atoms with Gasteiger partial charge in [0, 0.05) is 5.56 Å². The van der Waals surface area contributed by atoms with Gasteiger partial charge in [-0.3, -0.25) is 0 Å². The second-order valence-corrected chi connectivity index (χ2v) is 8.31. The number of allylic oxidation sites excluding steroid dienone is 1. The summed E-state index contributed by atoms with van der Waals surface area (Å²) in [4.78, 5) is 0. The van der Waals surface area contributed by atoms with E-state index in [0.29, 0.717) is 24.3 Å². The van der Waals surface area contributed by atoms with Gasteiger partial charge in [0.05, 0.1) is 5.56 Å². The average Bonchev–Trinajstić information content (AvgIpc) is 2.76. The lowest BCUT2D eigenvalue weighted by molar-refractivity contribution is 0.235. The highest BCUT2D eigenvalue weighted by Gasteiger charge is 2.21. The first-order valence-electron chi connectivity index (χ1n) is 11.4. The van der Waals surface area contributed by atoms with Crippen molar-refractivity contribution in [2.75, 3.05) is 0 Å². The SMILES string of the molecule is CCCCCC/C=C/c1ccc(C#Cc2ccc(C3CCC(F)CC3)cc2)c(F)c1. The summed E-state index contributed by atoms with van der Waals surface area (Å²) in [6, 6.07) is 13.4. The molecule has 158 valence electrons. The quantitative estimate of drug-likeness (QED) is 0.321. The van der Waals surface area contributed by atoms with E-state index in [1.165, 1.54) is 31.2 Å². The molecule has 0 radical (unpaired) electrons. The van der Waals surface area contributed by atoms with Crippen molar-refractivity contribution in [3.8, 4) is 11.8 Å². The maximum atomic E-state index is 14.4. The highest BCUT2D eigenvalue weighted by Crippen LogP contribution is 2.34. The van der Waals surface area contributed by atoms with Crippen molar-refractivity contribution in [2.24, 2.45) is 0 Å². The van der Waals surface area contributed by atoms with E-state index in [4.69, 9.17) is 0 Å². The third-order valence-electron chi connectivity index (χ3n) is 5.91. The molecule has 0 spiro atoms. The van der Waals surface area contributed by atoms with Gasteiger partial charge in [-0.25, -0.2) is 8.78 Å². The summed E-state index contributed by atoms with van der Waals surface area (Å²) in [5, 5.41) is 0. The van der Waals surface area contributed by atoms with Crippen LogP contribution in [0, 0.1) is 17.7 Å². The predicted molar refractivity (Wildman–Crippen MR) is 123 cm³/mol. The number of unbranched alkanes of at least 4 members (excludes halogenated alkanes) is 4. The minimum atomic E-state index is -0.631. The van der Waals surface area contributed by atoms with Gasteiger partial charge < -0.3 is 0 Å². The summed E-state index contributed by atoms with van der Waals surface area (Å²) < 4.78 is 27.7. The lowest BCUT2D eigenvalue weighted by Gasteiger charge is -2.24. The summed E-state index contributed by atoms with van der Waals surface area (Å²) in [5.41, 5.74) is 3.42. The molecule has 0 N–H and O–H groups in total. The molecule has 0 amide bonds. The van der Waals surface area contributed by atoms with Crippen molar-refractivity contribution >= 4 is 6.08 Å². The minimum absolute atomic E-state index is 0.282. The maximum absolute atomic E-state index is 14.4. The van der Waals surface area contributed by atoms with Crippen LogP contribution in [0.4, 0.5) is 8.78 Å². The molecule has 2 aromatic carbocycles. The number of benzene rings is 2. The molecule has 2 aromatic rings. The van der Waals surface area contributed by atoms with E-state index in [9.17, 15) is 8.78 Å². The van der Waals surface area contributed by atoms with Crippen LogP contribution < -0.4 is 0 Å². The zero-order valence-electron chi connectivity index (χ0n) is 18.0. The van der Waals surface area contributed by atoms with Gasteiger partial charge in [-0.2, -0.15) is 0 Å². The lowest BCUT2D eigenvalue weighted by atomic mass is 9.83. The Kier molecular flexibility index (Phi) is 8.69. The maximum Gasteiger partial charge on any atom is 0.139 e. The lowest BCUT2D eigenvalue weighted by Crippen LogP contribution is -2.13. The van der Waals surface area contributed by atoms with Gasteiger partial charge in [0.15, 0.2) is 0 Å². The van der Waals surface area contributed by atoms with Crippen LogP contribution in [0.2, 0.25) is 0 Å². The average molecular weight is 407 g/mol. The zero-order valence-corrected chi connectivity index (χ0v) is 18.0. The van der Waals surface area contributed by atoms with E-state index in [0.717, 1.165) is 30.4 Å².